The third-order valence-electron chi connectivity index (χ3n) is 5.30. The molecular weight excluding hydrogens is 420 g/mol. The van der Waals surface area contributed by atoms with Crippen molar-refractivity contribution >= 4 is 34.4 Å². The van der Waals surface area contributed by atoms with Crippen LogP contribution in [0.3, 0.4) is 0 Å². The highest BCUT2D eigenvalue weighted by molar-refractivity contribution is 6.04. The second kappa shape index (κ2) is 10.8. The van der Waals surface area contributed by atoms with E-state index >= 15 is 0 Å². The van der Waals surface area contributed by atoms with E-state index in [9.17, 15) is 14.4 Å². The van der Waals surface area contributed by atoms with Crippen molar-refractivity contribution in [2.24, 2.45) is 0 Å². The summed E-state index contributed by atoms with van der Waals surface area (Å²) in [6.45, 7) is 7.95. The lowest BCUT2D eigenvalue weighted by Crippen LogP contribution is -2.28. The molecule has 0 fully saturated rings. The van der Waals surface area contributed by atoms with Crippen LogP contribution < -0.4 is 10.6 Å². The average molecular weight is 451 g/mol. The lowest BCUT2D eigenvalue weighted by atomic mass is 9.92. The van der Waals surface area contributed by atoms with E-state index in [0.29, 0.717) is 5.39 Å². The van der Waals surface area contributed by atoms with Gasteiger partial charge < -0.3 is 15.4 Å². The normalized spacial score (nSPS) is 11.1. The van der Waals surface area contributed by atoms with Gasteiger partial charge >= 0.3 is 5.97 Å². The minimum atomic E-state index is -0.571. The van der Waals surface area contributed by atoms with Gasteiger partial charge in [-0.05, 0) is 29.0 Å². The summed E-state index contributed by atoms with van der Waals surface area (Å²) in [6, 6.07) is 13.3. The van der Waals surface area contributed by atoms with Gasteiger partial charge in [0.2, 0.25) is 0 Å². The Bertz CT molecular complexity index is 1120. The zero-order chi connectivity index (χ0) is 24.0. The number of hydrogen-bond donors (Lipinski definition) is 3. The molecule has 0 radical (unpaired) electrons. The van der Waals surface area contributed by atoms with Crippen LogP contribution >= 0.6 is 0 Å². The summed E-state index contributed by atoms with van der Waals surface area (Å²) >= 11 is 0. The van der Waals surface area contributed by atoms with Crippen molar-refractivity contribution in [2.45, 2.75) is 46.0 Å². The number of aromatic nitrogens is 2. The molecule has 3 aromatic rings. The van der Waals surface area contributed by atoms with Gasteiger partial charge in [-0.3, -0.25) is 19.5 Å². The van der Waals surface area contributed by atoms with E-state index < -0.39 is 11.9 Å². The number of anilines is 1. The Morgan fingerprint density at radius 1 is 0.970 bits per heavy atom. The maximum absolute atomic E-state index is 12.5. The van der Waals surface area contributed by atoms with Crippen molar-refractivity contribution in [1.29, 1.82) is 0 Å². The van der Waals surface area contributed by atoms with Crippen LogP contribution in [0.5, 0.6) is 0 Å². The summed E-state index contributed by atoms with van der Waals surface area (Å²) in [5.41, 5.74) is 3.88. The molecule has 1 aromatic heterocycles. The number of esters is 1. The molecule has 3 rings (SSSR count). The van der Waals surface area contributed by atoms with Gasteiger partial charge in [-0.15, -0.1) is 0 Å². The number of ether oxygens (including phenoxy) is 1. The van der Waals surface area contributed by atoms with E-state index in [0.717, 1.165) is 22.3 Å². The Labute approximate surface area is 193 Å². The fourth-order valence-electron chi connectivity index (χ4n) is 3.59. The molecule has 33 heavy (non-hydrogen) atoms. The first-order valence-corrected chi connectivity index (χ1v) is 11.1. The van der Waals surface area contributed by atoms with Crippen LogP contribution in [0.25, 0.3) is 10.9 Å². The molecule has 8 heteroatoms. The molecule has 0 saturated heterocycles. The van der Waals surface area contributed by atoms with Gasteiger partial charge in [0.25, 0.3) is 11.8 Å². The average Bonchev–Trinajstić information content (AvgIpc) is 3.21. The van der Waals surface area contributed by atoms with Gasteiger partial charge in [-0.2, -0.15) is 5.10 Å². The molecule has 0 bridgehead atoms. The molecule has 0 unspecified atom stereocenters. The van der Waals surface area contributed by atoms with Crippen LogP contribution in [0, 0.1) is 0 Å². The number of H-pyrrole nitrogens is 1. The molecule has 0 spiro atoms. The molecule has 0 aliphatic heterocycles. The molecule has 8 nitrogen and oxygen atoms in total. The predicted molar refractivity (Wildman–Crippen MR) is 127 cm³/mol. The number of aromatic amines is 1. The van der Waals surface area contributed by atoms with Gasteiger partial charge in [-0.25, -0.2) is 0 Å². The quantitative estimate of drug-likeness (QED) is 0.425. The largest absolute Gasteiger partial charge is 0.456 e. The Morgan fingerprint density at radius 3 is 2.30 bits per heavy atom. The highest BCUT2D eigenvalue weighted by atomic mass is 16.5. The number of carbonyl (C=O) groups is 3. The van der Waals surface area contributed by atoms with E-state index in [1.807, 2.05) is 36.4 Å². The van der Waals surface area contributed by atoms with Crippen LogP contribution in [0.1, 0.15) is 67.6 Å². The lowest BCUT2D eigenvalue weighted by Gasteiger charge is -2.20. The van der Waals surface area contributed by atoms with Crippen molar-refractivity contribution in [3.8, 4) is 0 Å². The SMILES string of the molecule is CC(C)c1cccc(C(C)C)c1NC(=O)COC(=O)CCNC(=O)c1n[nH]c2ccccc12. The van der Waals surface area contributed by atoms with Crippen molar-refractivity contribution in [3.63, 3.8) is 0 Å². The molecule has 2 amide bonds. The van der Waals surface area contributed by atoms with Crippen LogP contribution in [-0.2, 0) is 14.3 Å². The maximum Gasteiger partial charge on any atom is 0.308 e. The predicted octanol–water partition coefficient (Wildman–Crippen LogP) is 4.11. The fraction of sp³-hybridized carbons (Fsp3) is 0.360. The van der Waals surface area contributed by atoms with E-state index in [2.05, 4.69) is 48.5 Å². The summed E-state index contributed by atoms with van der Waals surface area (Å²) in [5.74, 6) is -0.887. The molecule has 174 valence electrons. The van der Waals surface area contributed by atoms with Gasteiger partial charge in [0.05, 0.1) is 11.9 Å². The summed E-state index contributed by atoms with van der Waals surface area (Å²) in [6.07, 6.45) is -0.0544. The maximum atomic E-state index is 12.5. The zero-order valence-electron chi connectivity index (χ0n) is 19.4. The third kappa shape index (κ3) is 5.97. The van der Waals surface area contributed by atoms with Crippen LogP contribution in [0.4, 0.5) is 5.69 Å². The molecule has 1 heterocycles. The fourth-order valence-corrected chi connectivity index (χ4v) is 3.59. The summed E-state index contributed by atoms with van der Waals surface area (Å²) in [4.78, 5) is 36.8. The number of hydrogen-bond acceptors (Lipinski definition) is 5. The lowest BCUT2D eigenvalue weighted by molar-refractivity contribution is -0.147. The molecule has 2 aromatic carbocycles. The number of rotatable bonds is 9. The smallest absolute Gasteiger partial charge is 0.308 e. The molecule has 0 atom stereocenters. The Morgan fingerprint density at radius 2 is 1.64 bits per heavy atom. The summed E-state index contributed by atoms with van der Waals surface area (Å²) in [5, 5.41) is 13.1. The van der Waals surface area contributed by atoms with Crippen molar-refractivity contribution in [1.82, 2.24) is 15.5 Å². The Balaban J connectivity index is 1.48. The number of amides is 2. The van der Waals surface area contributed by atoms with E-state index in [1.54, 1.807) is 6.07 Å². The second-order valence-corrected chi connectivity index (χ2v) is 8.45. The molecule has 0 aliphatic rings. The minimum Gasteiger partial charge on any atom is -0.456 e. The van der Waals surface area contributed by atoms with Gasteiger partial charge in [-0.1, -0.05) is 64.1 Å². The highest BCUT2D eigenvalue weighted by Crippen LogP contribution is 2.32. The second-order valence-electron chi connectivity index (χ2n) is 8.45. The summed E-state index contributed by atoms with van der Waals surface area (Å²) in [7, 11) is 0. The van der Waals surface area contributed by atoms with E-state index in [4.69, 9.17) is 4.74 Å². The van der Waals surface area contributed by atoms with Gasteiger partial charge in [0.15, 0.2) is 12.3 Å². The Hall–Kier alpha value is -3.68. The monoisotopic (exact) mass is 450 g/mol. The minimum absolute atomic E-state index is 0.0544. The van der Waals surface area contributed by atoms with Gasteiger partial charge in [0.1, 0.15) is 0 Å². The summed E-state index contributed by atoms with van der Waals surface area (Å²) < 4.78 is 5.10. The Kier molecular flexibility index (Phi) is 7.82. The van der Waals surface area contributed by atoms with E-state index in [1.165, 1.54) is 0 Å². The molecule has 0 saturated carbocycles. The number of para-hydroxylation sites is 2. The van der Waals surface area contributed by atoms with E-state index in [-0.39, 0.29) is 43.0 Å². The third-order valence-corrected chi connectivity index (χ3v) is 5.30. The topological polar surface area (TPSA) is 113 Å². The van der Waals surface area contributed by atoms with Crippen molar-refractivity contribution < 1.29 is 19.1 Å². The first kappa shape index (κ1) is 24.0. The molecule has 3 N–H and O–H groups in total. The number of nitrogens with one attached hydrogen (secondary N) is 3. The van der Waals surface area contributed by atoms with Crippen LogP contribution in [0.2, 0.25) is 0 Å². The number of fused-ring (bicyclic) bond motifs is 1. The van der Waals surface area contributed by atoms with Gasteiger partial charge in [0, 0.05) is 17.6 Å². The number of benzene rings is 2. The first-order chi connectivity index (χ1) is 15.8. The molecule has 0 aliphatic carbocycles. The first-order valence-electron chi connectivity index (χ1n) is 11.1. The van der Waals surface area contributed by atoms with Crippen LogP contribution in [0.15, 0.2) is 42.5 Å². The van der Waals surface area contributed by atoms with Crippen molar-refractivity contribution in [2.75, 3.05) is 18.5 Å². The van der Waals surface area contributed by atoms with Crippen molar-refractivity contribution in [3.05, 3.63) is 59.3 Å². The number of carbonyl (C=O) groups excluding carboxylic acids is 3. The molecular formula is C25H30N4O4. The number of nitrogens with zero attached hydrogens (tertiary/aromatic N) is 1. The zero-order valence-corrected chi connectivity index (χ0v) is 19.4. The highest BCUT2D eigenvalue weighted by Gasteiger charge is 2.17. The van der Waals surface area contributed by atoms with Crippen LogP contribution in [-0.4, -0.2) is 41.1 Å². The standard InChI is InChI=1S/C25H30N4O4/c1-15(2)17-9-7-10-18(16(3)4)23(17)27-21(30)14-33-22(31)12-13-26-25(32)24-19-8-5-6-11-20(19)28-29-24/h5-11,15-16H,12-14H2,1-4H3,(H,26,32)(H,27,30)(H,28,29).